The summed E-state index contributed by atoms with van der Waals surface area (Å²) in [5.41, 5.74) is 1.98. The third-order valence-corrected chi connectivity index (χ3v) is 5.43. The van der Waals surface area contributed by atoms with E-state index >= 15 is 0 Å². The number of aliphatic hydroxyl groups is 2. The number of benzene rings is 1. The highest BCUT2D eigenvalue weighted by atomic mass is 32.1. The fourth-order valence-electron chi connectivity index (χ4n) is 2.89. The number of thiophene rings is 1. The summed E-state index contributed by atoms with van der Waals surface area (Å²) in [4.78, 5) is 6.76. The number of hydrogen-bond donors (Lipinski definition) is 2. The first-order valence-electron chi connectivity index (χ1n) is 9.44. The highest BCUT2D eigenvalue weighted by Gasteiger charge is 2.18. The average Bonchev–Trinajstić information content (AvgIpc) is 3.32. The maximum absolute atomic E-state index is 9.42. The summed E-state index contributed by atoms with van der Waals surface area (Å²) >= 11 is 1.65. The van der Waals surface area contributed by atoms with E-state index < -0.39 is 6.10 Å². The van der Waals surface area contributed by atoms with E-state index in [1.165, 1.54) is 10.4 Å². The molecular formula is C21H26N2O5S. The number of aromatic nitrogens is 2. The molecule has 0 aliphatic carbocycles. The molecule has 0 aliphatic rings. The predicted octanol–water partition coefficient (Wildman–Crippen LogP) is 3.71. The molecule has 0 saturated heterocycles. The Morgan fingerprint density at radius 2 is 2.03 bits per heavy atom. The number of hydrogen-bond acceptors (Lipinski definition) is 8. The third-order valence-electron chi connectivity index (χ3n) is 4.35. The molecule has 2 heterocycles. The van der Waals surface area contributed by atoms with E-state index in [9.17, 15) is 5.11 Å². The van der Waals surface area contributed by atoms with Crippen molar-refractivity contribution in [2.45, 2.75) is 33.3 Å². The minimum Gasteiger partial charge on any atom is -0.496 e. The Labute approximate surface area is 173 Å². The topological polar surface area (TPSA) is 97.8 Å². The van der Waals surface area contributed by atoms with Crippen LogP contribution in [0.2, 0.25) is 0 Å². The lowest BCUT2D eigenvalue weighted by atomic mass is 10.0. The van der Waals surface area contributed by atoms with Crippen LogP contribution in [0.1, 0.15) is 24.3 Å². The Morgan fingerprint density at radius 3 is 2.72 bits per heavy atom. The van der Waals surface area contributed by atoms with Crippen molar-refractivity contribution in [2.75, 3.05) is 20.3 Å². The van der Waals surface area contributed by atoms with E-state index in [0.717, 1.165) is 11.3 Å². The molecule has 2 aromatic heterocycles. The molecule has 0 spiro atoms. The van der Waals surface area contributed by atoms with Gasteiger partial charge in [0.05, 0.1) is 24.2 Å². The molecule has 29 heavy (non-hydrogen) atoms. The summed E-state index contributed by atoms with van der Waals surface area (Å²) < 4.78 is 16.4. The highest BCUT2D eigenvalue weighted by molar-refractivity contribution is 7.15. The summed E-state index contributed by atoms with van der Waals surface area (Å²) in [7, 11) is 1.55. The van der Waals surface area contributed by atoms with Crippen LogP contribution >= 0.6 is 11.3 Å². The van der Waals surface area contributed by atoms with Crippen LogP contribution < -0.4 is 9.47 Å². The number of aryl methyl sites for hydroxylation is 1. The molecule has 7 nitrogen and oxygen atoms in total. The first-order chi connectivity index (χ1) is 13.9. The molecule has 0 amide bonds. The molecule has 3 aromatic rings. The second-order valence-electron chi connectivity index (χ2n) is 7.22. The number of methoxy groups -OCH3 is 1. The van der Waals surface area contributed by atoms with Crippen molar-refractivity contribution < 1.29 is 24.2 Å². The van der Waals surface area contributed by atoms with Gasteiger partial charge in [0.15, 0.2) is 0 Å². The van der Waals surface area contributed by atoms with Crippen molar-refractivity contribution in [1.82, 2.24) is 10.1 Å². The maximum atomic E-state index is 9.42. The molecule has 0 fully saturated rings. The van der Waals surface area contributed by atoms with Crippen molar-refractivity contribution in [3.05, 3.63) is 34.7 Å². The van der Waals surface area contributed by atoms with E-state index in [-0.39, 0.29) is 13.2 Å². The van der Waals surface area contributed by atoms with Gasteiger partial charge in [-0.1, -0.05) is 19.0 Å². The molecule has 0 bridgehead atoms. The van der Waals surface area contributed by atoms with Crippen LogP contribution in [0.25, 0.3) is 22.2 Å². The average molecular weight is 419 g/mol. The summed E-state index contributed by atoms with van der Waals surface area (Å²) in [5.74, 6) is 2.52. The van der Waals surface area contributed by atoms with Crippen molar-refractivity contribution in [2.24, 2.45) is 5.92 Å². The predicted molar refractivity (Wildman–Crippen MR) is 111 cm³/mol. The van der Waals surface area contributed by atoms with Crippen molar-refractivity contribution in [1.29, 1.82) is 0 Å². The van der Waals surface area contributed by atoms with Crippen LogP contribution in [0.5, 0.6) is 11.5 Å². The number of ether oxygens (including phenoxy) is 2. The Kier molecular flexibility index (Phi) is 6.89. The van der Waals surface area contributed by atoms with E-state index in [1.54, 1.807) is 36.6 Å². The van der Waals surface area contributed by atoms with E-state index in [4.69, 9.17) is 19.1 Å². The van der Waals surface area contributed by atoms with E-state index in [1.807, 2.05) is 0 Å². The summed E-state index contributed by atoms with van der Waals surface area (Å²) in [6.45, 7) is 6.14. The molecule has 156 valence electrons. The van der Waals surface area contributed by atoms with Gasteiger partial charge >= 0.3 is 0 Å². The van der Waals surface area contributed by atoms with Crippen molar-refractivity contribution in [3.8, 4) is 33.7 Å². The summed E-state index contributed by atoms with van der Waals surface area (Å²) in [6, 6.07) is 7.31. The van der Waals surface area contributed by atoms with Crippen molar-refractivity contribution in [3.63, 3.8) is 0 Å². The molecule has 0 saturated carbocycles. The number of aliphatic hydroxyl groups excluding tert-OH is 2. The van der Waals surface area contributed by atoms with Gasteiger partial charge < -0.3 is 24.2 Å². The molecule has 8 heteroatoms. The van der Waals surface area contributed by atoms with E-state index in [2.05, 4.69) is 37.0 Å². The van der Waals surface area contributed by atoms with Gasteiger partial charge in [-0.3, -0.25) is 0 Å². The van der Waals surface area contributed by atoms with Gasteiger partial charge in [0.25, 0.3) is 5.89 Å². The monoisotopic (exact) mass is 418 g/mol. The fourth-order valence-corrected chi connectivity index (χ4v) is 3.87. The van der Waals surface area contributed by atoms with Gasteiger partial charge in [-0.05, 0) is 43.0 Å². The lowest BCUT2D eigenvalue weighted by Crippen LogP contribution is -2.21. The molecule has 1 atom stereocenters. The Morgan fingerprint density at radius 1 is 1.24 bits per heavy atom. The van der Waals surface area contributed by atoms with Crippen LogP contribution in [0.3, 0.4) is 0 Å². The third kappa shape index (κ3) is 5.14. The van der Waals surface area contributed by atoms with Crippen molar-refractivity contribution >= 4 is 11.3 Å². The largest absolute Gasteiger partial charge is 0.496 e. The fraction of sp³-hybridized carbons (Fsp3) is 0.429. The molecule has 2 N–H and O–H groups in total. The zero-order valence-corrected chi connectivity index (χ0v) is 17.8. The summed E-state index contributed by atoms with van der Waals surface area (Å²) in [6.07, 6.45) is 0.0825. The van der Waals surface area contributed by atoms with Gasteiger partial charge in [0.1, 0.15) is 24.2 Å². The quantitative estimate of drug-likeness (QED) is 0.547. The molecule has 0 aliphatic heterocycles. The lowest BCUT2D eigenvalue weighted by Gasteiger charge is -2.12. The second-order valence-corrected chi connectivity index (χ2v) is 8.48. The van der Waals surface area contributed by atoms with Gasteiger partial charge in [0.2, 0.25) is 5.82 Å². The van der Waals surface area contributed by atoms with E-state index in [0.29, 0.717) is 34.7 Å². The zero-order valence-electron chi connectivity index (χ0n) is 17.0. The van der Waals surface area contributed by atoms with Crippen LogP contribution in [0, 0.1) is 12.8 Å². The minimum atomic E-state index is -0.935. The second kappa shape index (κ2) is 9.39. The first kappa shape index (κ1) is 21.3. The smallest absolute Gasteiger partial charge is 0.268 e. The molecule has 1 unspecified atom stereocenters. The van der Waals surface area contributed by atoms with Gasteiger partial charge in [0, 0.05) is 10.9 Å². The SMILES string of the molecule is COc1cc(OCC(O)CO)ccc1-c1noc(-c2cc(CC(C)C)c(C)s2)n1. The molecular weight excluding hydrogens is 392 g/mol. The zero-order chi connectivity index (χ0) is 21.0. The standard InChI is InChI=1S/C21H26N2O5S/c1-12(2)7-14-8-19(29-13(14)3)21-22-20(23-28-21)17-6-5-16(9-18(17)26-4)27-11-15(25)10-24/h5-6,8-9,12,15,24-25H,7,10-11H2,1-4H3. The molecule has 3 rings (SSSR count). The lowest BCUT2D eigenvalue weighted by molar-refractivity contribution is 0.0535. The number of rotatable bonds is 9. The molecule has 0 radical (unpaired) electrons. The van der Waals surface area contributed by atoms with Gasteiger partial charge in [-0.2, -0.15) is 4.98 Å². The Bertz CT molecular complexity index is 950. The first-order valence-corrected chi connectivity index (χ1v) is 10.3. The molecule has 1 aromatic carbocycles. The Balaban J connectivity index is 1.82. The van der Waals surface area contributed by atoms with Crippen LogP contribution in [-0.2, 0) is 6.42 Å². The Hall–Kier alpha value is -2.42. The normalized spacial score (nSPS) is 12.4. The summed E-state index contributed by atoms with van der Waals surface area (Å²) in [5, 5.41) is 22.4. The van der Waals surface area contributed by atoms with Gasteiger partial charge in [-0.25, -0.2) is 0 Å². The van der Waals surface area contributed by atoms with Gasteiger partial charge in [-0.15, -0.1) is 11.3 Å². The van der Waals surface area contributed by atoms with Crippen LogP contribution in [-0.4, -0.2) is 46.8 Å². The minimum absolute atomic E-state index is 0.0121. The van der Waals surface area contributed by atoms with Crippen LogP contribution in [0.4, 0.5) is 0 Å². The maximum Gasteiger partial charge on any atom is 0.268 e. The number of nitrogens with zero attached hydrogens (tertiary/aromatic N) is 2. The highest BCUT2D eigenvalue weighted by Crippen LogP contribution is 2.35. The van der Waals surface area contributed by atoms with Crippen LogP contribution in [0.15, 0.2) is 28.8 Å².